The number of benzene rings is 2. The summed E-state index contributed by atoms with van der Waals surface area (Å²) in [6.45, 7) is 2.79. The van der Waals surface area contributed by atoms with Gasteiger partial charge in [-0.3, -0.25) is 18.7 Å². The molecule has 1 aromatic heterocycles. The van der Waals surface area contributed by atoms with Gasteiger partial charge in [0.05, 0.1) is 17.5 Å². The van der Waals surface area contributed by atoms with Crippen LogP contribution in [-0.4, -0.2) is 28.0 Å². The van der Waals surface area contributed by atoms with Crippen LogP contribution in [0.3, 0.4) is 0 Å². The van der Waals surface area contributed by atoms with Gasteiger partial charge in [0.25, 0.3) is 0 Å². The smallest absolute Gasteiger partial charge is 0.329 e. The first-order valence-electron chi connectivity index (χ1n) is 9.31. The number of nitrogens with zero attached hydrogens (tertiary/aromatic N) is 2. The van der Waals surface area contributed by atoms with Crippen LogP contribution in [0.1, 0.15) is 18.9 Å². The maximum absolute atomic E-state index is 12.6. The van der Waals surface area contributed by atoms with Crippen LogP contribution in [0.5, 0.6) is 0 Å². The number of hydrogen-bond donors (Lipinski definition) is 2. The van der Waals surface area contributed by atoms with Crippen LogP contribution in [0.2, 0.25) is 0 Å². The third-order valence-electron chi connectivity index (χ3n) is 4.73. The number of nitrogens with one attached hydrogen (secondary N) is 2. The first kappa shape index (κ1) is 19.4. The molecular weight excluding hydrogens is 356 g/mol. The molecule has 0 saturated heterocycles. The fourth-order valence-corrected chi connectivity index (χ4v) is 3.28. The Hall–Kier alpha value is -3.35. The van der Waals surface area contributed by atoms with Gasteiger partial charge in [-0.05, 0) is 30.7 Å². The number of carbonyl (C=O) groups is 2. The first-order chi connectivity index (χ1) is 13.5. The van der Waals surface area contributed by atoms with Gasteiger partial charge in [-0.1, -0.05) is 30.3 Å². The van der Waals surface area contributed by atoms with E-state index in [4.69, 9.17) is 0 Å². The predicted octanol–water partition coefficient (Wildman–Crippen LogP) is 2.14. The van der Waals surface area contributed by atoms with Gasteiger partial charge in [-0.25, -0.2) is 4.79 Å². The third-order valence-corrected chi connectivity index (χ3v) is 4.73. The van der Waals surface area contributed by atoms with Crippen LogP contribution in [0.25, 0.3) is 11.0 Å². The van der Waals surface area contributed by atoms with Crippen LogP contribution >= 0.6 is 0 Å². The van der Waals surface area contributed by atoms with Crippen molar-refractivity contribution in [2.75, 3.05) is 12.4 Å². The molecule has 2 amide bonds. The van der Waals surface area contributed by atoms with Crippen molar-refractivity contribution in [3.05, 3.63) is 64.6 Å². The van der Waals surface area contributed by atoms with E-state index in [1.165, 1.54) is 0 Å². The van der Waals surface area contributed by atoms with Crippen molar-refractivity contribution >= 4 is 28.5 Å². The Morgan fingerprint density at radius 2 is 1.57 bits per heavy atom. The maximum atomic E-state index is 12.6. The van der Waals surface area contributed by atoms with Gasteiger partial charge in [0.15, 0.2) is 0 Å². The first-order valence-corrected chi connectivity index (χ1v) is 9.31. The molecule has 0 radical (unpaired) electrons. The molecule has 146 valence electrons. The summed E-state index contributed by atoms with van der Waals surface area (Å²) in [5.41, 5.74) is 2.93. The molecule has 0 saturated carbocycles. The Labute approximate surface area is 163 Å². The van der Waals surface area contributed by atoms with E-state index in [0.29, 0.717) is 12.2 Å². The topological polar surface area (TPSA) is 85.1 Å². The molecule has 0 aliphatic heterocycles. The minimum Gasteiger partial charge on any atom is -0.359 e. The number of carbonyl (C=O) groups excluding carboxylic acids is 2. The van der Waals surface area contributed by atoms with Crippen LogP contribution in [0, 0.1) is 0 Å². The highest BCUT2D eigenvalue weighted by Gasteiger charge is 2.14. The highest BCUT2D eigenvalue weighted by molar-refractivity contribution is 5.92. The standard InChI is InChI=1S/C21H24N4O3/c1-3-24-17-10-6-7-11-18(17)25(21(24)28)13-12-19(26)23-16-9-5-4-8-15(16)14-20(27)22-2/h4-11H,3,12-14H2,1-2H3,(H,22,27)(H,23,26). The number of aryl methyl sites for hydroxylation is 2. The molecule has 0 atom stereocenters. The summed E-state index contributed by atoms with van der Waals surface area (Å²) in [4.78, 5) is 36.8. The maximum Gasteiger partial charge on any atom is 0.329 e. The summed E-state index contributed by atoms with van der Waals surface area (Å²) in [6, 6.07) is 14.8. The molecule has 0 aliphatic carbocycles. The Kier molecular flexibility index (Phi) is 5.93. The Morgan fingerprint density at radius 1 is 0.929 bits per heavy atom. The van der Waals surface area contributed by atoms with Gasteiger partial charge < -0.3 is 10.6 Å². The Bertz CT molecular complexity index is 1060. The Balaban J connectivity index is 1.74. The number of amides is 2. The number of anilines is 1. The van der Waals surface area contributed by atoms with E-state index in [1.54, 1.807) is 22.2 Å². The van der Waals surface area contributed by atoms with Gasteiger partial charge in [0.1, 0.15) is 0 Å². The van der Waals surface area contributed by atoms with Gasteiger partial charge in [0, 0.05) is 32.2 Å². The van der Waals surface area contributed by atoms with Crippen LogP contribution in [0.4, 0.5) is 5.69 Å². The number of rotatable bonds is 7. The van der Waals surface area contributed by atoms with Crippen LogP contribution < -0.4 is 16.3 Å². The molecule has 0 bridgehead atoms. The second-order valence-corrected chi connectivity index (χ2v) is 6.47. The number of hydrogen-bond acceptors (Lipinski definition) is 3. The zero-order valence-electron chi connectivity index (χ0n) is 16.1. The lowest BCUT2D eigenvalue weighted by molar-refractivity contribution is -0.120. The van der Waals surface area contributed by atoms with E-state index in [1.807, 2.05) is 49.4 Å². The van der Waals surface area contributed by atoms with Crippen molar-refractivity contribution in [3.8, 4) is 0 Å². The van der Waals surface area contributed by atoms with Crippen LogP contribution in [0.15, 0.2) is 53.3 Å². The molecule has 2 N–H and O–H groups in total. The molecule has 0 aliphatic rings. The fraction of sp³-hybridized carbons (Fsp3) is 0.286. The molecule has 3 aromatic rings. The average molecular weight is 380 g/mol. The minimum absolute atomic E-state index is 0.114. The summed E-state index contributed by atoms with van der Waals surface area (Å²) in [7, 11) is 1.58. The average Bonchev–Trinajstić information content (AvgIpc) is 2.98. The molecule has 3 rings (SSSR count). The minimum atomic E-state index is -0.204. The normalized spacial score (nSPS) is 10.8. The molecule has 7 heteroatoms. The summed E-state index contributed by atoms with van der Waals surface area (Å²) in [5.74, 6) is -0.329. The summed E-state index contributed by atoms with van der Waals surface area (Å²) in [6.07, 6.45) is 0.350. The van der Waals surface area contributed by atoms with Crippen molar-refractivity contribution in [1.29, 1.82) is 0 Å². The molecule has 2 aromatic carbocycles. The van der Waals surface area contributed by atoms with E-state index in [-0.39, 0.29) is 36.9 Å². The fourth-order valence-electron chi connectivity index (χ4n) is 3.28. The summed E-state index contributed by atoms with van der Waals surface area (Å²) in [5, 5.41) is 5.44. The number of aromatic nitrogens is 2. The molecular formula is C21H24N4O3. The van der Waals surface area contributed by atoms with Crippen LogP contribution in [-0.2, 0) is 29.1 Å². The molecule has 0 spiro atoms. The highest BCUT2D eigenvalue weighted by atomic mass is 16.2. The van der Waals surface area contributed by atoms with Gasteiger partial charge in [0.2, 0.25) is 11.8 Å². The van der Waals surface area contributed by atoms with E-state index in [0.717, 1.165) is 16.6 Å². The number of fused-ring (bicyclic) bond motifs is 1. The number of imidazole rings is 1. The van der Waals surface area contributed by atoms with Gasteiger partial charge >= 0.3 is 5.69 Å². The molecule has 1 heterocycles. The second-order valence-electron chi connectivity index (χ2n) is 6.47. The van der Waals surface area contributed by atoms with Crippen molar-refractivity contribution in [1.82, 2.24) is 14.5 Å². The number of likely N-dealkylation sites (N-methyl/N-ethyl adjacent to an activating group) is 1. The lowest BCUT2D eigenvalue weighted by Crippen LogP contribution is -2.26. The lowest BCUT2D eigenvalue weighted by atomic mass is 10.1. The van der Waals surface area contributed by atoms with Crippen molar-refractivity contribution < 1.29 is 9.59 Å². The van der Waals surface area contributed by atoms with E-state index in [2.05, 4.69) is 10.6 Å². The van der Waals surface area contributed by atoms with E-state index >= 15 is 0 Å². The summed E-state index contributed by atoms with van der Waals surface area (Å²) < 4.78 is 3.33. The van der Waals surface area contributed by atoms with Gasteiger partial charge in [-0.15, -0.1) is 0 Å². The lowest BCUT2D eigenvalue weighted by Gasteiger charge is -2.11. The van der Waals surface area contributed by atoms with Crippen molar-refractivity contribution in [3.63, 3.8) is 0 Å². The Morgan fingerprint density at radius 3 is 2.25 bits per heavy atom. The monoisotopic (exact) mass is 380 g/mol. The third kappa shape index (κ3) is 3.98. The number of para-hydroxylation sites is 3. The molecule has 0 fully saturated rings. The molecule has 0 unspecified atom stereocenters. The molecule has 7 nitrogen and oxygen atoms in total. The van der Waals surface area contributed by atoms with Crippen molar-refractivity contribution in [2.24, 2.45) is 0 Å². The zero-order chi connectivity index (χ0) is 20.1. The SMILES string of the molecule is CCn1c(=O)n(CCC(=O)Nc2ccccc2CC(=O)NC)c2ccccc21. The van der Waals surface area contributed by atoms with Crippen molar-refractivity contribution in [2.45, 2.75) is 32.9 Å². The largest absolute Gasteiger partial charge is 0.359 e. The zero-order valence-corrected chi connectivity index (χ0v) is 16.1. The second kappa shape index (κ2) is 8.56. The van der Waals surface area contributed by atoms with E-state index in [9.17, 15) is 14.4 Å². The molecule has 28 heavy (non-hydrogen) atoms. The van der Waals surface area contributed by atoms with E-state index < -0.39 is 0 Å². The highest BCUT2D eigenvalue weighted by Crippen LogP contribution is 2.17. The quantitative estimate of drug-likeness (QED) is 0.659. The van der Waals surface area contributed by atoms with Gasteiger partial charge in [-0.2, -0.15) is 0 Å². The summed E-state index contributed by atoms with van der Waals surface area (Å²) >= 11 is 0. The predicted molar refractivity (Wildman–Crippen MR) is 109 cm³/mol.